The van der Waals surface area contributed by atoms with Crippen molar-refractivity contribution in [3.05, 3.63) is 0 Å². The first-order valence-electron chi connectivity index (χ1n) is 8.45. The van der Waals surface area contributed by atoms with Gasteiger partial charge in [0.05, 0.1) is 0 Å². The maximum Gasteiger partial charge on any atom is 0.326 e. The highest BCUT2D eigenvalue weighted by atomic mass is 16.4. The first-order valence-corrected chi connectivity index (χ1v) is 8.45. The Hall–Kier alpha value is -1.26. The number of carbonyl (C=O) groups is 2. The molecule has 2 saturated carbocycles. The van der Waals surface area contributed by atoms with Crippen molar-refractivity contribution in [3.63, 3.8) is 0 Å². The fraction of sp³-hybridized carbons (Fsp3) is 0.875. The second-order valence-corrected chi connectivity index (χ2v) is 6.82. The van der Waals surface area contributed by atoms with Gasteiger partial charge in [0.25, 0.3) is 0 Å². The molecule has 3 fully saturated rings. The van der Waals surface area contributed by atoms with Gasteiger partial charge in [0.1, 0.15) is 6.04 Å². The molecule has 0 aromatic carbocycles. The van der Waals surface area contributed by atoms with E-state index in [9.17, 15) is 14.7 Å². The van der Waals surface area contributed by atoms with E-state index in [4.69, 9.17) is 0 Å². The molecule has 1 N–H and O–H groups in total. The molecule has 3 unspecified atom stereocenters. The normalized spacial score (nSPS) is 31.9. The predicted octanol–water partition coefficient (Wildman–Crippen LogP) is 2.70. The van der Waals surface area contributed by atoms with E-state index < -0.39 is 12.0 Å². The molecule has 2 aliphatic carbocycles. The van der Waals surface area contributed by atoms with Crippen LogP contribution >= 0.6 is 0 Å². The lowest BCUT2D eigenvalue weighted by atomic mass is 9.85. The lowest BCUT2D eigenvalue weighted by Gasteiger charge is -2.36. The van der Waals surface area contributed by atoms with Crippen molar-refractivity contribution in [3.8, 4) is 0 Å². The molecule has 5 nitrogen and oxygen atoms in total. The SMILES string of the molecule is CCCN(C(=O)N1C(C(=O)O)CC2CCCCC21)C1CC1. The zero-order valence-corrected chi connectivity index (χ0v) is 12.8. The van der Waals surface area contributed by atoms with Gasteiger partial charge in [-0.25, -0.2) is 9.59 Å². The van der Waals surface area contributed by atoms with Crippen LogP contribution in [0, 0.1) is 5.92 Å². The lowest BCUT2D eigenvalue weighted by molar-refractivity contribution is -0.141. The second kappa shape index (κ2) is 5.85. The first kappa shape index (κ1) is 14.7. The van der Waals surface area contributed by atoms with Gasteiger partial charge in [0, 0.05) is 18.6 Å². The van der Waals surface area contributed by atoms with Crippen LogP contribution in [0.2, 0.25) is 0 Å². The standard InChI is InChI=1S/C16H26N2O3/c1-2-9-17(12-7-8-12)16(21)18-13-6-4-3-5-11(13)10-14(18)15(19)20/h11-14H,2-10H2,1H3,(H,19,20). The van der Waals surface area contributed by atoms with Crippen molar-refractivity contribution < 1.29 is 14.7 Å². The molecule has 3 rings (SSSR count). The molecule has 3 aliphatic rings. The van der Waals surface area contributed by atoms with Gasteiger partial charge in [-0.1, -0.05) is 19.8 Å². The summed E-state index contributed by atoms with van der Waals surface area (Å²) in [7, 11) is 0. The summed E-state index contributed by atoms with van der Waals surface area (Å²) in [5.74, 6) is -0.434. The lowest BCUT2D eigenvalue weighted by Crippen LogP contribution is -2.52. The predicted molar refractivity (Wildman–Crippen MR) is 79.0 cm³/mol. The Morgan fingerprint density at radius 3 is 2.52 bits per heavy atom. The van der Waals surface area contributed by atoms with Crippen LogP contribution in [-0.2, 0) is 4.79 Å². The average molecular weight is 294 g/mol. The van der Waals surface area contributed by atoms with Crippen LogP contribution in [0.15, 0.2) is 0 Å². The number of hydrogen-bond acceptors (Lipinski definition) is 2. The van der Waals surface area contributed by atoms with E-state index in [1.165, 1.54) is 6.42 Å². The largest absolute Gasteiger partial charge is 0.480 e. The zero-order valence-electron chi connectivity index (χ0n) is 12.8. The molecular weight excluding hydrogens is 268 g/mol. The number of hydrogen-bond donors (Lipinski definition) is 1. The highest BCUT2D eigenvalue weighted by Crippen LogP contribution is 2.41. The minimum Gasteiger partial charge on any atom is -0.480 e. The van der Waals surface area contributed by atoms with Crippen LogP contribution < -0.4 is 0 Å². The van der Waals surface area contributed by atoms with Crippen LogP contribution in [0.25, 0.3) is 0 Å². The molecule has 1 aliphatic heterocycles. The molecule has 0 bridgehead atoms. The van der Waals surface area contributed by atoms with Crippen molar-refractivity contribution in [1.29, 1.82) is 0 Å². The number of aliphatic carboxylic acids is 1. The molecule has 118 valence electrons. The third-order valence-corrected chi connectivity index (χ3v) is 5.29. The Labute approximate surface area is 126 Å². The van der Waals surface area contributed by atoms with Gasteiger partial charge in [-0.15, -0.1) is 0 Å². The van der Waals surface area contributed by atoms with Crippen LogP contribution in [0.5, 0.6) is 0 Å². The average Bonchev–Trinajstić information content (AvgIpc) is 3.23. The number of likely N-dealkylation sites (tertiary alicyclic amines) is 1. The number of nitrogens with zero attached hydrogens (tertiary/aromatic N) is 2. The van der Waals surface area contributed by atoms with Crippen LogP contribution in [0.4, 0.5) is 4.79 Å². The summed E-state index contributed by atoms with van der Waals surface area (Å²) in [5.41, 5.74) is 0. The summed E-state index contributed by atoms with van der Waals surface area (Å²) in [4.78, 5) is 28.3. The fourth-order valence-corrected chi connectivity index (χ4v) is 4.17. The number of carboxylic acids is 1. The topological polar surface area (TPSA) is 60.9 Å². The number of amides is 2. The number of fused-ring (bicyclic) bond motifs is 1. The van der Waals surface area contributed by atoms with Crippen molar-refractivity contribution >= 4 is 12.0 Å². The van der Waals surface area contributed by atoms with E-state index in [0.29, 0.717) is 18.4 Å². The molecule has 21 heavy (non-hydrogen) atoms. The molecule has 1 heterocycles. The van der Waals surface area contributed by atoms with Crippen LogP contribution in [0.1, 0.15) is 58.3 Å². The molecular formula is C16H26N2O3. The van der Waals surface area contributed by atoms with E-state index in [2.05, 4.69) is 6.92 Å². The fourth-order valence-electron chi connectivity index (χ4n) is 4.17. The number of carboxylic acid groups (broad SMARTS) is 1. The molecule has 0 aromatic rings. The molecule has 1 saturated heterocycles. The number of rotatable bonds is 4. The van der Waals surface area contributed by atoms with Gasteiger partial charge in [-0.05, 0) is 44.4 Å². The summed E-state index contributed by atoms with van der Waals surface area (Å²) in [6.07, 6.45) is 8.08. The Bertz CT molecular complexity index is 422. The Kier molecular flexibility index (Phi) is 4.09. The summed E-state index contributed by atoms with van der Waals surface area (Å²) >= 11 is 0. The van der Waals surface area contributed by atoms with E-state index in [0.717, 1.165) is 45.1 Å². The third kappa shape index (κ3) is 2.74. The smallest absolute Gasteiger partial charge is 0.326 e. The third-order valence-electron chi connectivity index (χ3n) is 5.29. The van der Waals surface area contributed by atoms with Gasteiger partial charge in [0.15, 0.2) is 0 Å². The summed E-state index contributed by atoms with van der Waals surface area (Å²) in [5, 5.41) is 9.53. The highest BCUT2D eigenvalue weighted by Gasteiger charge is 2.49. The van der Waals surface area contributed by atoms with Gasteiger partial charge in [-0.3, -0.25) is 0 Å². The zero-order chi connectivity index (χ0) is 15.0. The van der Waals surface area contributed by atoms with Crippen LogP contribution in [0.3, 0.4) is 0 Å². The quantitative estimate of drug-likeness (QED) is 0.867. The van der Waals surface area contributed by atoms with Crippen LogP contribution in [-0.4, -0.2) is 51.6 Å². The van der Waals surface area contributed by atoms with E-state index >= 15 is 0 Å². The molecule has 0 radical (unpaired) electrons. The number of carbonyl (C=O) groups excluding carboxylic acids is 1. The second-order valence-electron chi connectivity index (χ2n) is 6.82. The van der Waals surface area contributed by atoms with Crippen molar-refractivity contribution in [2.24, 2.45) is 5.92 Å². The Balaban J connectivity index is 1.81. The maximum atomic E-state index is 13.0. The van der Waals surface area contributed by atoms with Gasteiger partial charge in [-0.2, -0.15) is 0 Å². The summed E-state index contributed by atoms with van der Waals surface area (Å²) in [6, 6.07) is -0.107. The minimum atomic E-state index is -0.829. The molecule has 3 atom stereocenters. The minimum absolute atomic E-state index is 0.0128. The van der Waals surface area contributed by atoms with Gasteiger partial charge >= 0.3 is 12.0 Å². The van der Waals surface area contributed by atoms with Crippen molar-refractivity contribution in [1.82, 2.24) is 9.80 Å². The maximum absolute atomic E-state index is 13.0. The molecule has 5 heteroatoms. The monoisotopic (exact) mass is 294 g/mol. The Morgan fingerprint density at radius 2 is 1.90 bits per heavy atom. The summed E-state index contributed by atoms with van der Waals surface area (Å²) < 4.78 is 0. The summed E-state index contributed by atoms with van der Waals surface area (Å²) in [6.45, 7) is 2.83. The van der Waals surface area contributed by atoms with Gasteiger partial charge < -0.3 is 14.9 Å². The number of urea groups is 1. The first-order chi connectivity index (χ1) is 10.1. The molecule has 0 aromatic heterocycles. The van der Waals surface area contributed by atoms with Gasteiger partial charge in [0.2, 0.25) is 0 Å². The van der Waals surface area contributed by atoms with E-state index in [1.807, 2.05) is 4.90 Å². The highest BCUT2D eigenvalue weighted by molar-refractivity contribution is 5.84. The van der Waals surface area contributed by atoms with E-state index in [1.54, 1.807) is 4.90 Å². The molecule has 0 spiro atoms. The van der Waals surface area contributed by atoms with E-state index in [-0.39, 0.29) is 12.1 Å². The Morgan fingerprint density at radius 1 is 1.19 bits per heavy atom. The van der Waals surface area contributed by atoms with Crippen molar-refractivity contribution in [2.75, 3.05) is 6.54 Å². The molecule has 2 amide bonds. The van der Waals surface area contributed by atoms with Crippen molar-refractivity contribution in [2.45, 2.75) is 76.4 Å².